The molecule has 0 unspecified atom stereocenters. The summed E-state index contributed by atoms with van der Waals surface area (Å²) in [7, 11) is 3.25. The Hall–Kier alpha value is -1.56. The first kappa shape index (κ1) is 13.5. The van der Waals surface area contributed by atoms with Crippen molar-refractivity contribution in [2.45, 2.75) is 13.3 Å². The maximum Gasteiger partial charge on any atom is 0.263 e. The number of nitrogens with zero attached hydrogens (tertiary/aromatic N) is 1. The lowest BCUT2D eigenvalue weighted by atomic mass is 10.3. The molecule has 0 bridgehead atoms. The van der Waals surface area contributed by atoms with Gasteiger partial charge in [-0.2, -0.15) is 0 Å². The summed E-state index contributed by atoms with van der Waals surface area (Å²) in [5.41, 5.74) is 6.33. The Kier molecular flexibility index (Phi) is 4.51. The quantitative estimate of drug-likeness (QED) is 0.837. The topological polar surface area (TPSA) is 75.4 Å². The van der Waals surface area contributed by atoms with Gasteiger partial charge < -0.3 is 16.0 Å². The Morgan fingerprint density at radius 3 is 2.65 bits per heavy atom. The molecule has 0 saturated carbocycles. The molecule has 0 saturated heterocycles. The van der Waals surface area contributed by atoms with Crippen molar-refractivity contribution >= 4 is 28.8 Å². The number of carbonyl (C=O) groups excluding carboxylic acids is 2. The highest BCUT2D eigenvalue weighted by Crippen LogP contribution is 2.24. The third-order valence-electron chi connectivity index (χ3n) is 2.47. The molecule has 3 N–H and O–H groups in total. The predicted octanol–water partition coefficient (Wildman–Crippen LogP) is 0.847. The van der Waals surface area contributed by atoms with Crippen LogP contribution in [0.2, 0.25) is 0 Å². The monoisotopic (exact) mass is 255 g/mol. The van der Waals surface area contributed by atoms with Crippen LogP contribution in [0, 0.1) is 6.92 Å². The molecule has 94 valence electrons. The van der Waals surface area contributed by atoms with E-state index < -0.39 is 0 Å². The van der Waals surface area contributed by atoms with Crippen molar-refractivity contribution in [3.63, 3.8) is 0 Å². The molecule has 5 nitrogen and oxygen atoms in total. The molecule has 0 atom stereocenters. The van der Waals surface area contributed by atoms with Gasteiger partial charge in [0.2, 0.25) is 5.91 Å². The molecule has 1 aromatic rings. The number of nitrogen functional groups attached to an aromatic ring is 1. The summed E-state index contributed by atoms with van der Waals surface area (Å²) >= 11 is 1.37. The van der Waals surface area contributed by atoms with Gasteiger partial charge in [-0.15, -0.1) is 11.3 Å². The van der Waals surface area contributed by atoms with E-state index in [-0.39, 0.29) is 11.8 Å². The largest absolute Gasteiger partial charge is 0.398 e. The molecule has 0 fully saturated rings. The Morgan fingerprint density at radius 2 is 2.18 bits per heavy atom. The summed E-state index contributed by atoms with van der Waals surface area (Å²) in [6, 6.07) is 1.68. The molecule has 2 amide bonds. The average Bonchev–Trinajstić information content (AvgIpc) is 2.65. The zero-order valence-corrected chi connectivity index (χ0v) is 11.1. The number of hydrogen-bond donors (Lipinski definition) is 2. The van der Waals surface area contributed by atoms with Crippen molar-refractivity contribution in [1.29, 1.82) is 0 Å². The first-order valence-corrected chi connectivity index (χ1v) is 6.09. The third-order valence-corrected chi connectivity index (χ3v) is 3.52. The van der Waals surface area contributed by atoms with Gasteiger partial charge in [0.25, 0.3) is 5.91 Å². The molecule has 17 heavy (non-hydrogen) atoms. The normalized spacial score (nSPS) is 10.1. The van der Waals surface area contributed by atoms with Gasteiger partial charge in [-0.3, -0.25) is 9.59 Å². The summed E-state index contributed by atoms with van der Waals surface area (Å²) in [5, 5.41) is 2.52. The van der Waals surface area contributed by atoms with Crippen LogP contribution in [0.4, 0.5) is 5.69 Å². The van der Waals surface area contributed by atoms with Gasteiger partial charge in [-0.05, 0) is 13.0 Å². The number of nitrogens with one attached hydrogen (secondary N) is 1. The summed E-state index contributed by atoms with van der Waals surface area (Å²) in [6.07, 6.45) is 0.304. The number of nitrogens with two attached hydrogens (primary N) is 1. The van der Waals surface area contributed by atoms with Crippen LogP contribution >= 0.6 is 11.3 Å². The number of aryl methyl sites for hydroxylation is 1. The van der Waals surface area contributed by atoms with Crippen LogP contribution in [0.5, 0.6) is 0 Å². The number of rotatable bonds is 4. The van der Waals surface area contributed by atoms with E-state index in [2.05, 4.69) is 5.32 Å². The number of carbonyl (C=O) groups is 2. The summed E-state index contributed by atoms with van der Waals surface area (Å²) in [4.78, 5) is 26.1. The molecule has 1 rings (SSSR count). The Balaban J connectivity index is 2.60. The lowest BCUT2D eigenvalue weighted by molar-refractivity contribution is -0.120. The van der Waals surface area contributed by atoms with Crippen LogP contribution in [0.1, 0.15) is 21.0 Å². The molecule has 0 aromatic carbocycles. The van der Waals surface area contributed by atoms with E-state index in [4.69, 9.17) is 5.73 Å². The molecule has 0 radical (unpaired) electrons. The molecule has 0 aliphatic heterocycles. The van der Waals surface area contributed by atoms with Gasteiger partial charge in [0.05, 0.1) is 4.88 Å². The molecule has 0 spiro atoms. The fourth-order valence-electron chi connectivity index (χ4n) is 1.29. The van der Waals surface area contributed by atoms with Crippen molar-refractivity contribution in [1.82, 2.24) is 10.2 Å². The number of hydrogen-bond acceptors (Lipinski definition) is 4. The van der Waals surface area contributed by atoms with Crippen LogP contribution in [0.15, 0.2) is 6.07 Å². The molecular formula is C11H17N3O2S. The summed E-state index contributed by atoms with van der Waals surface area (Å²) in [5.74, 6) is -0.176. The van der Waals surface area contributed by atoms with E-state index in [1.54, 1.807) is 20.2 Å². The van der Waals surface area contributed by atoms with Crippen LogP contribution in [-0.4, -0.2) is 37.4 Å². The van der Waals surface area contributed by atoms with Crippen molar-refractivity contribution in [2.75, 3.05) is 26.4 Å². The average molecular weight is 255 g/mol. The maximum atomic E-state index is 12.0. The first-order chi connectivity index (χ1) is 7.95. The molecular weight excluding hydrogens is 238 g/mol. The lowest BCUT2D eigenvalue weighted by Gasteiger charge is -2.15. The lowest BCUT2D eigenvalue weighted by Crippen LogP contribution is -2.30. The Morgan fingerprint density at radius 1 is 1.53 bits per heavy atom. The van der Waals surface area contributed by atoms with Crippen LogP contribution < -0.4 is 11.1 Å². The Labute approximate surface area is 105 Å². The predicted molar refractivity (Wildman–Crippen MR) is 69.1 cm³/mol. The molecule has 0 aliphatic carbocycles. The van der Waals surface area contributed by atoms with Crippen molar-refractivity contribution in [2.24, 2.45) is 0 Å². The van der Waals surface area contributed by atoms with Gasteiger partial charge in [-0.1, -0.05) is 0 Å². The molecule has 0 aliphatic rings. The smallest absolute Gasteiger partial charge is 0.263 e. The van der Waals surface area contributed by atoms with Gasteiger partial charge >= 0.3 is 0 Å². The zero-order chi connectivity index (χ0) is 13.0. The molecule has 1 heterocycles. The second-order valence-electron chi connectivity index (χ2n) is 3.77. The van der Waals surface area contributed by atoms with Gasteiger partial charge in [-0.25, -0.2) is 0 Å². The minimum absolute atomic E-state index is 0.0773. The van der Waals surface area contributed by atoms with Gasteiger partial charge in [0.1, 0.15) is 0 Å². The van der Waals surface area contributed by atoms with E-state index in [1.807, 2.05) is 6.92 Å². The van der Waals surface area contributed by atoms with E-state index in [0.717, 1.165) is 4.88 Å². The van der Waals surface area contributed by atoms with Crippen molar-refractivity contribution in [3.05, 3.63) is 15.8 Å². The van der Waals surface area contributed by atoms with E-state index in [9.17, 15) is 9.59 Å². The van der Waals surface area contributed by atoms with Gasteiger partial charge in [0.15, 0.2) is 0 Å². The summed E-state index contributed by atoms with van der Waals surface area (Å²) < 4.78 is 0. The van der Waals surface area contributed by atoms with Crippen LogP contribution in [-0.2, 0) is 4.79 Å². The van der Waals surface area contributed by atoms with Crippen LogP contribution in [0.25, 0.3) is 0 Å². The van der Waals surface area contributed by atoms with E-state index in [0.29, 0.717) is 23.5 Å². The third kappa shape index (κ3) is 3.45. The van der Waals surface area contributed by atoms with E-state index in [1.165, 1.54) is 16.2 Å². The van der Waals surface area contributed by atoms with Crippen molar-refractivity contribution < 1.29 is 9.59 Å². The highest BCUT2D eigenvalue weighted by Gasteiger charge is 2.15. The number of amides is 2. The summed E-state index contributed by atoms with van der Waals surface area (Å²) in [6.45, 7) is 2.27. The fourth-order valence-corrected chi connectivity index (χ4v) is 2.22. The Bertz CT molecular complexity index is 409. The minimum Gasteiger partial charge on any atom is -0.398 e. The van der Waals surface area contributed by atoms with E-state index >= 15 is 0 Å². The minimum atomic E-state index is -0.0984. The zero-order valence-electron chi connectivity index (χ0n) is 10.2. The highest BCUT2D eigenvalue weighted by molar-refractivity contribution is 7.14. The molecule has 6 heteroatoms. The second-order valence-corrected chi connectivity index (χ2v) is 5.03. The second kappa shape index (κ2) is 5.67. The fraction of sp³-hybridized carbons (Fsp3) is 0.455. The van der Waals surface area contributed by atoms with Crippen molar-refractivity contribution in [3.8, 4) is 0 Å². The van der Waals surface area contributed by atoms with Gasteiger partial charge in [0, 0.05) is 37.6 Å². The first-order valence-electron chi connectivity index (χ1n) is 5.27. The number of anilines is 1. The SMILES string of the molecule is CNC(=O)CCN(C)C(=O)c1cc(N)c(C)s1. The maximum absolute atomic E-state index is 12.0. The highest BCUT2D eigenvalue weighted by atomic mass is 32.1. The standard InChI is InChI=1S/C11H17N3O2S/c1-7-8(12)6-9(17-7)11(16)14(3)5-4-10(15)13-2/h6H,4-5,12H2,1-3H3,(H,13,15). The number of thiophene rings is 1. The molecule has 1 aromatic heterocycles. The van der Waals surface area contributed by atoms with Crippen LogP contribution in [0.3, 0.4) is 0 Å².